The Kier molecular flexibility index (Phi) is 12.6. The summed E-state index contributed by atoms with van der Waals surface area (Å²) in [5.74, 6) is 2.69. The summed E-state index contributed by atoms with van der Waals surface area (Å²) in [5.41, 5.74) is 4.42. The van der Waals surface area contributed by atoms with Gasteiger partial charge in [-0.2, -0.15) is 0 Å². The van der Waals surface area contributed by atoms with Crippen LogP contribution in [0.4, 0.5) is 0 Å². The number of aryl methyl sites for hydroxylation is 1. The molecular formula is C34H50O6SSi2. The number of ether oxygens (including phenoxy) is 4. The molecule has 236 valence electrons. The highest BCUT2D eigenvalue weighted by atomic mass is 32.2. The second-order valence-electron chi connectivity index (χ2n) is 13.1. The topological polar surface area (TPSA) is 71.1 Å². The molecule has 0 amide bonds. The lowest BCUT2D eigenvalue weighted by Crippen LogP contribution is -2.52. The van der Waals surface area contributed by atoms with E-state index in [4.69, 9.17) is 18.9 Å². The Bertz CT molecular complexity index is 1340. The zero-order valence-corrected chi connectivity index (χ0v) is 29.9. The van der Waals surface area contributed by atoms with Gasteiger partial charge in [0.15, 0.2) is 9.84 Å². The molecule has 3 rings (SSSR count). The van der Waals surface area contributed by atoms with Crippen molar-refractivity contribution in [1.82, 2.24) is 0 Å². The summed E-state index contributed by atoms with van der Waals surface area (Å²) in [5, 5.41) is 0.500. The lowest BCUT2D eigenvalue weighted by Gasteiger charge is -2.41. The highest BCUT2D eigenvalue weighted by Gasteiger charge is 2.60. The fourth-order valence-corrected chi connectivity index (χ4v) is 13.6. The average molecular weight is 643 g/mol. The first-order valence-corrected chi connectivity index (χ1v) is 23.1. The van der Waals surface area contributed by atoms with Gasteiger partial charge in [0.25, 0.3) is 0 Å². The Morgan fingerprint density at radius 2 is 1.58 bits per heavy atom. The molecule has 2 aromatic rings. The maximum atomic E-state index is 14.8. The van der Waals surface area contributed by atoms with Crippen LogP contribution >= 0.6 is 0 Å². The van der Waals surface area contributed by atoms with Gasteiger partial charge in [0.2, 0.25) is 0 Å². The number of methoxy groups -OCH3 is 2. The van der Waals surface area contributed by atoms with Gasteiger partial charge in [0, 0.05) is 32.5 Å². The van der Waals surface area contributed by atoms with E-state index < -0.39 is 31.2 Å². The molecule has 6 nitrogen and oxygen atoms in total. The van der Waals surface area contributed by atoms with Gasteiger partial charge in [0.1, 0.15) is 21.7 Å². The van der Waals surface area contributed by atoms with E-state index in [0.29, 0.717) is 11.5 Å². The van der Waals surface area contributed by atoms with Gasteiger partial charge in [-0.1, -0.05) is 92.0 Å². The molecule has 1 saturated carbocycles. The van der Waals surface area contributed by atoms with Crippen molar-refractivity contribution in [2.24, 2.45) is 17.8 Å². The van der Waals surface area contributed by atoms with Crippen molar-refractivity contribution in [3.63, 3.8) is 0 Å². The number of sulfone groups is 1. The monoisotopic (exact) mass is 642 g/mol. The first-order valence-electron chi connectivity index (χ1n) is 15.0. The third-order valence-corrected chi connectivity index (χ3v) is 16.0. The van der Waals surface area contributed by atoms with Crippen LogP contribution in [0, 0.1) is 36.1 Å². The summed E-state index contributed by atoms with van der Waals surface area (Å²) < 4.78 is 52.6. The zero-order valence-electron chi connectivity index (χ0n) is 27.1. The van der Waals surface area contributed by atoms with Crippen molar-refractivity contribution in [3.05, 3.63) is 72.8 Å². The molecule has 9 heteroatoms. The summed E-state index contributed by atoms with van der Waals surface area (Å²) in [6, 6.07) is 17.7. The fourth-order valence-electron chi connectivity index (χ4n) is 6.70. The Morgan fingerprint density at radius 3 is 2.14 bits per heavy atom. The quantitative estimate of drug-likeness (QED) is 0.0822. The van der Waals surface area contributed by atoms with Gasteiger partial charge >= 0.3 is 0 Å². The summed E-state index contributed by atoms with van der Waals surface area (Å²) in [6.45, 7) is 18.0. The molecule has 6 atom stereocenters. The Hall–Kier alpha value is -2.04. The van der Waals surface area contributed by atoms with Crippen molar-refractivity contribution >= 4 is 31.2 Å². The molecule has 0 aliphatic heterocycles. The molecule has 0 saturated heterocycles. The minimum atomic E-state index is -3.79. The van der Waals surface area contributed by atoms with Crippen molar-refractivity contribution in [2.45, 2.75) is 67.9 Å². The van der Waals surface area contributed by atoms with Gasteiger partial charge in [-0.05, 0) is 30.5 Å². The predicted molar refractivity (Wildman–Crippen MR) is 180 cm³/mol. The zero-order chi connectivity index (χ0) is 31.8. The van der Waals surface area contributed by atoms with Crippen LogP contribution in [-0.2, 0) is 28.8 Å². The molecule has 0 bridgehead atoms. The van der Waals surface area contributed by atoms with Gasteiger partial charge < -0.3 is 18.9 Å². The molecule has 1 unspecified atom stereocenters. The minimum Gasteiger partial charge on any atom is -0.359 e. The molecule has 0 heterocycles. The second-order valence-corrected chi connectivity index (χ2v) is 24.7. The largest absolute Gasteiger partial charge is 0.359 e. The van der Waals surface area contributed by atoms with E-state index in [2.05, 4.69) is 75.0 Å². The first kappa shape index (κ1) is 35.4. The number of hydrogen-bond donors (Lipinski definition) is 0. The van der Waals surface area contributed by atoms with Crippen LogP contribution in [0.3, 0.4) is 0 Å². The van der Waals surface area contributed by atoms with E-state index >= 15 is 0 Å². The van der Waals surface area contributed by atoms with E-state index in [9.17, 15) is 8.42 Å². The molecule has 1 fully saturated rings. The molecule has 1 aliphatic rings. The van der Waals surface area contributed by atoms with Crippen LogP contribution < -0.4 is 5.19 Å². The van der Waals surface area contributed by atoms with Crippen molar-refractivity contribution in [1.29, 1.82) is 0 Å². The molecule has 0 radical (unpaired) electrons. The number of rotatable bonds is 14. The Morgan fingerprint density at radius 1 is 0.953 bits per heavy atom. The van der Waals surface area contributed by atoms with Crippen molar-refractivity contribution < 1.29 is 27.4 Å². The number of hydrogen-bond acceptors (Lipinski definition) is 6. The lowest BCUT2D eigenvalue weighted by molar-refractivity contribution is -0.114. The lowest BCUT2D eigenvalue weighted by atomic mass is 9.90. The van der Waals surface area contributed by atoms with Crippen molar-refractivity contribution in [3.8, 4) is 11.5 Å². The molecular weight excluding hydrogens is 593 g/mol. The summed E-state index contributed by atoms with van der Waals surface area (Å²) >= 11 is 0. The Balaban J connectivity index is 2.31. The normalized spacial score (nSPS) is 23.4. The minimum absolute atomic E-state index is 0.0319. The maximum absolute atomic E-state index is 14.8. The van der Waals surface area contributed by atoms with Crippen molar-refractivity contribution in [2.75, 3.05) is 34.4 Å². The smallest absolute Gasteiger partial charge is 0.182 e. The Labute approximate surface area is 262 Å². The molecule has 0 N–H and O–H groups in total. The summed E-state index contributed by atoms with van der Waals surface area (Å²) in [6.07, 6.45) is 1.79. The third kappa shape index (κ3) is 8.57. The molecule has 43 heavy (non-hydrogen) atoms. The van der Waals surface area contributed by atoms with Crippen LogP contribution in [0.1, 0.15) is 12.0 Å². The van der Waals surface area contributed by atoms with Crippen LogP contribution in [-0.4, -0.2) is 70.3 Å². The maximum Gasteiger partial charge on any atom is 0.182 e. The number of benzene rings is 2. The van der Waals surface area contributed by atoms with E-state index in [1.165, 1.54) is 5.19 Å². The SMILES string of the molecule is C=C[C@H]1[C@H](OCOC)[C@@H](COCOC)[C@H]([Si](C)(C)c2ccccc2)[C@H]1C(CC#C[Si](C)(C)C)S(=O)(=O)c1ccc(C)cc1. The van der Waals surface area contributed by atoms with Crippen LogP contribution in [0.15, 0.2) is 72.1 Å². The first-order chi connectivity index (χ1) is 20.3. The van der Waals surface area contributed by atoms with E-state index in [1.54, 1.807) is 26.4 Å². The fraction of sp³-hybridized carbons (Fsp3) is 0.529. The van der Waals surface area contributed by atoms with Gasteiger partial charge in [-0.3, -0.25) is 0 Å². The summed E-state index contributed by atoms with van der Waals surface area (Å²) in [4.78, 5) is 0.326. The highest BCUT2D eigenvalue weighted by Crippen LogP contribution is 2.56. The van der Waals surface area contributed by atoms with Crippen LogP contribution in [0.25, 0.3) is 0 Å². The molecule has 0 spiro atoms. The second kappa shape index (κ2) is 15.3. The van der Waals surface area contributed by atoms with Crippen LogP contribution in [0.2, 0.25) is 38.3 Å². The predicted octanol–water partition coefficient (Wildman–Crippen LogP) is 6.05. The average Bonchev–Trinajstić information content (AvgIpc) is 3.27. The van der Waals surface area contributed by atoms with Gasteiger partial charge in [0.05, 0.1) is 30.9 Å². The molecule has 0 aromatic heterocycles. The third-order valence-electron chi connectivity index (χ3n) is 8.58. The molecule has 1 aliphatic carbocycles. The highest BCUT2D eigenvalue weighted by molar-refractivity contribution is 7.92. The van der Waals surface area contributed by atoms with E-state index in [-0.39, 0.29) is 49.4 Å². The standard InChI is InChI=1S/C34H50O6SSi2/c1-10-29-32(31(17-14-22-42(5,6)7)41(35,36)27-20-18-26(2)19-21-27)34(43(8,9)28-15-12-11-13-16-28)30(23-39-24-37-3)33(29)40-25-38-4/h10-13,15-16,18-21,29-34H,1,17,23-25H2,2-9H3/t29-,30-,31?,32-,33+,34+/m1/s1. The van der Waals surface area contributed by atoms with E-state index in [1.807, 2.05) is 31.2 Å². The van der Waals surface area contributed by atoms with Gasteiger partial charge in [-0.25, -0.2) is 8.42 Å². The van der Waals surface area contributed by atoms with Gasteiger partial charge in [-0.15, -0.1) is 18.0 Å². The summed E-state index contributed by atoms with van der Waals surface area (Å²) in [7, 11) is -4.74. The molecule has 2 aromatic carbocycles. The van der Waals surface area contributed by atoms with Crippen LogP contribution in [0.5, 0.6) is 0 Å². The van der Waals surface area contributed by atoms with E-state index in [0.717, 1.165) is 5.56 Å².